The maximum Gasteiger partial charge on any atom is 0.233 e. The highest BCUT2D eigenvalue weighted by Gasteiger charge is 2.58. The zero-order chi connectivity index (χ0) is 22.2. The standard InChI is InChI=1S/C24H27N5O3/c1-14-3-5-15(6-4-14)18-12-27-19(32-18)13-28-24(25-2)26-9-10-29-22(30)20-16-7-8-17(11-16)21(20)23(29)31/h3-8,12,16-17,20-21H,9-11,13H2,1-2H3,(H2,25,26,28). The molecule has 8 heteroatoms. The molecule has 166 valence electrons. The molecular formula is C24H27N5O3. The van der Waals surface area contributed by atoms with Crippen molar-refractivity contribution in [3.63, 3.8) is 0 Å². The minimum Gasteiger partial charge on any atom is -0.439 e. The summed E-state index contributed by atoms with van der Waals surface area (Å²) in [7, 11) is 1.67. The molecule has 2 amide bonds. The lowest BCUT2D eigenvalue weighted by atomic mass is 9.85. The molecule has 1 aliphatic heterocycles. The largest absolute Gasteiger partial charge is 0.439 e. The van der Waals surface area contributed by atoms with E-state index in [0.717, 1.165) is 12.0 Å². The predicted octanol–water partition coefficient (Wildman–Crippen LogP) is 2.12. The number of carbonyl (C=O) groups excluding carboxylic acids is 2. The fraction of sp³-hybridized carbons (Fsp3) is 0.417. The normalized spacial score (nSPS) is 26.2. The third-order valence-electron chi connectivity index (χ3n) is 6.71. The zero-order valence-electron chi connectivity index (χ0n) is 18.2. The maximum absolute atomic E-state index is 12.8. The van der Waals surface area contributed by atoms with Crippen molar-refractivity contribution in [2.75, 3.05) is 20.1 Å². The molecule has 2 bridgehead atoms. The minimum atomic E-state index is -0.150. The summed E-state index contributed by atoms with van der Waals surface area (Å²) in [6.07, 6.45) is 6.87. The average molecular weight is 434 g/mol. The molecule has 8 nitrogen and oxygen atoms in total. The first-order valence-electron chi connectivity index (χ1n) is 11.0. The molecule has 32 heavy (non-hydrogen) atoms. The van der Waals surface area contributed by atoms with E-state index in [1.54, 1.807) is 13.2 Å². The summed E-state index contributed by atoms with van der Waals surface area (Å²) in [6.45, 7) is 3.17. The second kappa shape index (κ2) is 8.26. The third-order valence-corrected chi connectivity index (χ3v) is 6.71. The Balaban J connectivity index is 1.11. The Morgan fingerprint density at radius 3 is 2.47 bits per heavy atom. The molecule has 5 rings (SSSR count). The number of likely N-dealkylation sites (tertiary alicyclic amines) is 1. The highest BCUT2D eigenvalue weighted by molar-refractivity contribution is 6.06. The van der Waals surface area contributed by atoms with Crippen LogP contribution >= 0.6 is 0 Å². The first-order valence-corrected chi connectivity index (χ1v) is 11.0. The van der Waals surface area contributed by atoms with Crippen molar-refractivity contribution in [2.45, 2.75) is 19.9 Å². The number of imide groups is 1. The number of aromatic nitrogens is 1. The van der Waals surface area contributed by atoms with Crippen molar-refractivity contribution in [1.82, 2.24) is 20.5 Å². The summed E-state index contributed by atoms with van der Waals surface area (Å²) in [5.74, 6) is 1.94. The van der Waals surface area contributed by atoms with Crippen LogP contribution in [0.3, 0.4) is 0 Å². The Kier molecular flexibility index (Phi) is 5.28. The fourth-order valence-electron chi connectivity index (χ4n) is 5.09. The van der Waals surface area contributed by atoms with E-state index < -0.39 is 0 Å². The van der Waals surface area contributed by atoms with Gasteiger partial charge in [-0.2, -0.15) is 0 Å². The van der Waals surface area contributed by atoms with E-state index in [9.17, 15) is 9.59 Å². The fourth-order valence-corrected chi connectivity index (χ4v) is 5.09. The SMILES string of the molecule is CN=C(NCCN1C(=O)C2C3C=CC(C3)C2C1=O)NCc1ncc(-c2ccc(C)cc2)o1. The van der Waals surface area contributed by atoms with Crippen LogP contribution in [0.2, 0.25) is 0 Å². The molecule has 4 atom stereocenters. The van der Waals surface area contributed by atoms with Gasteiger partial charge in [0.1, 0.15) is 0 Å². The van der Waals surface area contributed by atoms with Crippen molar-refractivity contribution in [1.29, 1.82) is 0 Å². The number of aryl methyl sites for hydroxylation is 1. The first-order chi connectivity index (χ1) is 15.5. The van der Waals surface area contributed by atoms with Gasteiger partial charge in [0, 0.05) is 25.7 Å². The van der Waals surface area contributed by atoms with Gasteiger partial charge in [-0.25, -0.2) is 4.98 Å². The molecule has 1 aromatic heterocycles. The van der Waals surface area contributed by atoms with E-state index >= 15 is 0 Å². The van der Waals surface area contributed by atoms with Gasteiger partial charge in [0.25, 0.3) is 0 Å². The number of hydrogen-bond acceptors (Lipinski definition) is 5. The number of hydrogen-bond donors (Lipinski definition) is 2. The van der Waals surface area contributed by atoms with Gasteiger partial charge >= 0.3 is 0 Å². The number of carbonyl (C=O) groups is 2. The summed E-state index contributed by atoms with van der Waals surface area (Å²) < 4.78 is 5.83. The van der Waals surface area contributed by atoms with Crippen LogP contribution in [0.5, 0.6) is 0 Å². The van der Waals surface area contributed by atoms with Crippen LogP contribution in [0.15, 0.2) is 52.0 Å². The quantitative estimate of drug-likeness (QED) is 0.313. The van der Waals surface area contributed by atoms with Crippen molar-refractivity contribution < 1.29 is 14.0 Å². The molecule has 0 spiro atoms. The number of guanidine groups is 1. The highest BCUT2D eigenvalue weighted by atomic mass is 16.4. The summed E-state index contributed by atoms with van der Waals surface area (Å²) in [5.41, 5.74) is 2.17. The summed E-state index contributed by atoms with van der Waals surface area (Å²) in [5, 5.41) is 6.32. The Bertz CT molecular complexity index is 1060. The van der Waals surface area contributed by atoms with Crippen LogP contribution in [-0.2, 0) is 16.1 Å². The monoisotopic (exact) mass is 433 g/mol. The van der Waals surface area contributed by atoms with Gasteiger partial charge in [-0.05, 0) is 25.2 Å². The van der Waals surface area contributed by atoms with Crippen LogP contribution < -0.4 is 10.6 Å². The van der Waals surface area contributed by atoms with Gasteiger partial charge in [0.2, 0.25) is 17.7 Å². The molecular weight excluding hydrogens is 406 g/mol. The summed E-state index contributed by atoms with van der Waals surface area (Å²) in [6, 6.07) is 8.08. The van der Waals surface area contributed by atoms with Gasteiger partial charge in [-0.3, -0.25) is 19.5 Å². The van der Waals surface area contributed by atoms with Crippen LogP contribution in [-0.4, -0.2) is 47.8 Å². The van der Waals surface area contributed by atoms with E-state index in [4.69, 9.17) is 4.42 Å². The molecule has 2 aliphatic carbocycles. The number of allylic oxidation sites excluding steroid dienone is 2. The average Bonchev–Trinajstić information content (AvgIpc) is 3.57. The second-order valence-corrected chi connectivity index (χ2v) is 8.66. The Hall–Kier alpha value is -3.42. The highest BCUT2D eigenvalue weighted by Crippen LogP contribution is 2.52. The Morgan fingerprint density at radius 2 is 1.81 bits per heavy atom. The minimum absolute atomic E-state index is 0.0231. The molecule has 2 heterocycles. The van der Waals surface area contributed by atoms with E-state index in [1.165, 1.54) is 10.5 Å². The van der Waals surface area contributed by atoms with Crippen molar-refractivity contribution >= 4 is 17.8 Å². The van der Waals surface area contributed by atoms with Crippen LogP contribution in [0, 0.1) is 30.6 Å². The van der Waals surface area contributed by atoms with E-state index in [-0.39, 0.29) is 35.5 Å². The van der Waals surface area contributed by atoms with Crippen molar-refractivity contribution in [3.8, 4) is 11.3 Å². The Labute approximate surface area is 186 Å². The maximum atomic E-state index is 12.8. The second-order valence-electron chi connectivity index (χ2n) is 8.66. The lowest BCUT2D eigenvalue weighted by Gasteiger charge is -2.18. The molecule has 2 aromatic rings. The van der Waals surface area contributed by atoms with Gasteiger partial charge in [-0.15, -0.1) is 0 Å². The lowest BCUT2D eigenvalue weighted by Crippen LogP contribution is -2.43. The molecule has 1 saturated heterocycles. The van der Waals surface area contributed by atoms with Crippen molar-refractivity contribution in [3.05, 3.63) is 54.1 Å². The van der Waals surface area contributed by atoms with Gasteiger partial charge in [0.05, 0.1) is 24.6 Å². The molecule has 3 aliphatic rings. The number of benzene rings is 1. The number of nitrogens with one attached hydrogen (secondary N) is 2. The molecule has 2 fully saturated rings. The van der Waals surface area contributed by atoms with Crippen LogP contribution in [0.4, 0.5) is 0 Å². The smallest absolute Gasteiger partial charge is 0.233 e. The number of nitrogens with zero attached hydrogens (tertiary/aromatic N) is 3. The number of aliphatic imine (C=N–C) groups is 1. The van der Waals surface area contributed by atoms with Crippen molar-refractivity contribution in [2.24, 2.45) is 28.7 Å². The van der Waals surface area contributed by atoms with Gasteiger partial charge < -0.3 is 15.1 Å². The van der Waals surface area contributed by atoms with E-state index in [1.807, 2.05) is 31.2 Å². The molecule has 2 N–H and O–H groups in total. The molecule has 0 radical (unpaired) electrons. The van der Waals surface area contributed by atoms with E-state index in [0.29, 0.717) is 37.2 Å². The molecule has 4 unspecified atom stereocenters. The topological polar surface area (TPSA) is 99.8 Å². The third kappa shape index (κ3) is 3.59. The predicted molar refractivity (Wildman–Crippen MR) is 119 cm³/mol. The number of fused-ring (bicyclic) bond motifs is 5. The van der Waals surface area contributed by atoms with E-state index in [2.05, 4.69) is 32.8 Å². The van der Waals surface area contributed by atoms with Gasteiger partial charge in [0.15, 0.2) is 11.7 Å². The molecule has 1 aromatic carbocycles. The van der Waals surface area contributed by atoms with Gasteiger partial charge in [-0.1, -0.05) is 42.0 Å². The van der Waals surface area contributed by atoms with Crippen LogP contribution in [0.1, 0.15) is 17.9 Å². The number of rotatable bonds is 6. The molecule has 1 saturated carbocycles. The number of oxazole rings is 1. The summed E-state index contributed by atoms with van der Waals surface area (Å²) in [4.78, 5) is 35.5. The number of amides is 2. The zero-order valence-corrected chi connectivity index (χ0v) is 18.2. The Morgan fingerprint density at radius 1 is 1.12 bits per heavy atom. The first kappa shape index (κ1) is 20.5. The lowest BCUT2D eigenvalue weighted by molar-refractivity contribution is -0.140. The summed E-state index contributed by atoms with van der Waals surface area (Å²) >= 11 is 0. The van der Waals surface area contributed by atoms with Crippen LogP contribution in [0.25, 0.3) is 11.3 Å².